The van der Waals surface area contributed by atoms with Crippen LogP contribution in [-0.4, -0.2) is 19.3 Å². The van der Waals surface area contributed by atoms with Gasteiger partial charge in [-0.1, -0.05) is 103 Å². The maximum absolute atomic E-state index is 6.78. The third-order valence-corrected chi connectivity index (χ3v) is 9.48. The molecule has 0 unspecified atom stereocenters. The van der Waals surface area contributed by atoms with Crippen molar-refractivity contribution in [2.45, 2.75) is 79.1 Å². The summed E-state index contributed by atoms with van der Waals surface area (Å²) in [6.07, 6.45) is 4.75. The Morgan fingerprint density at radius 3 is 2.24 bits per heavy atom. The SMILES string of the molecule is CCCc1c(-c2ccccc2)c(CC)nn1-c1cc(Oc2ccc3c4ccccc4n(-c4cc(C(C)(C)C)ccn4)c3c2)cc(C(C)C)c1. The second kappa shape index (κ2) is 13.0. The van der Waals surface area contributed by atoms with Gasteiger partial charge in [-0.05, 0) is 83.3 Å². The quantitative estimate of drug-likeness (QED) is 0.157. The molecule has 0 radical (unpaired) electrons. The van der Waals surface area contributed by atoms with Crippen LogP contribution in [0.4, 0.5) is 0 Å². The van der Waals surface area contributed by atoms with E-state index in [2.05, 4.69) is 161 Å². The third-order valence-electron chi connectivity index (χ3n) is 9.48. The first-order valence-electron chi connectivity index (χ1n) is 17.7. The summed E-state index contributed by atoms with van der Waals surface area (Å²) in [6.45, 7) is 15.6. The second-order valence-corrected chi connectivity index (χ2v) is 14.4. The lowest BCUT2D eigenvalue weighted by Gasteiger charge is -2.20. The number of hydrogen-bond donors (Lipinski definition) is 0. The van der Waals surface area contributed by atoms with Gasteiger partial charge in [-0.2, -0.15) is 5.10 Å². The highest BCUT2D eigenvalue weighted by Crippen LogP contribution is 2.38. The fraction of sp³-hybridized carbons (Fsp3) is 0.273. The molecule has 0 saturated carbocycles. The van der Waals surface area contributed by atoms with Crippen LogP contribution in [0, 0.1) is 0 Å². The number of aromatic nitrogens is 4. The minimum absolute atomic E-state index is 0.00911. The van der Waals surface area contributed by atoms with Crippen molar-refractivity contribution in [1.82, 2.24) is 19.3 Å². The Balaban J connectivity index is 1.36. The van der Waals surface area contributed by atoms with Crippen molar-refractivity contribution in [3.05, 3.63) is 132 Å². The van der Waals surface area contributed by atoms with Crippen molar-refractivity contribution in [1.29, 1.82) is 0 Å². The summed E-state index contributed by atoms with van der Waals surface area (Å²) in [5.74, 6) is 2.80. The molecule has 3 heterocycles. The lowest BCUT2D eigenvalue weighted by Crippen LogP contribution is -2.12. The van der Waals surface area contributed by atoms with Gasteiger partial charge in [-0.3, -0.25) is 4.57 Å². The van der Waals surface area contributed by atoms with E-state index >= 15 is 0 Å². The second-order valence-electron chi connectivity index (χ2n) is 14.4. The molecule has 49 heavy (non-hydrogen) atoms. The molecule has 7 aromatic rings. The average Bonchev–Trinajstić information content (AvgIpc) is 3.63. The van der Waals surface area contributed by atoms with Crippen LogP contribution in [0.25, 0.3) is 44.4 Å². The van der Waals surface area contributed by atoms with Gasteiger partial charge in [0.1, 0.15) is 17.3 Å². The van der Waals surface area contributed by atoms with E-state index in [0.29, 0.717) is 5.92 Å². The van der Waals surface area contributed by atoms with Gasteiger partial charge in [-0.25, -0.2) is 9.67 Å². The maximum Gasteiger partial charge on any atom is 0.137 e. The molecular formula is C44H46N4O. The zero-order chi connectivity index (χ0) is 34.3. The Bertz CT molecular complexity index is 2270. The highest BCUT2D eigenvalue weighted by Gasteiger charge is 2.21. The standard InChI is InChI=1S/C44H46N4O/c1-8-15-40-43(30-16-11-10-12-17-30)38(9-2)46-48(40)33-24-31(29(3)4)25-35(27-33)49-34-20-21-37-36-18-13-14-19-39(36)47(41(37)28-34)42-26-32(22-23-45-42)44(5,6)7/h10-14,16-29H,8-9,15H2,1-7H3. The summed E-state index contributed by atoms with van der Waals surface area (Å²) in [4.78, 5) is 4.86. The monoisotopic (exact) mass is 646 g/mol. The first kappa shape index (κ1) is 32.4. The van der Waals surface area contributed by atoms with Crippen molar-refractivity contribution >= 4 is 21.8 Å². The topological polar surface area (TPSA) is 44.9 Å². The minimum Gasteiger partial charge on any atom is -0.457 e. The van der Waals surface area contributed by atoms with E-state index in [1.54, 1.807) is 0 Å². The molecule has 0 atom stereocenters. The number of benzene rings is 4. The zero-order valence-corrected chi connectivity index (χ0v) is 29.8. The fourth-order valence-electron chi connectivity index (χ4n) is 6.89. The molecule has 0 aliphatic heterocycles. The summed E-state index contributed by atoms with van der Waals surface area (Å²) in [7, 11) is 0. The van der Waals surface area contributed by atoms with Crippen molar-refractivity contribution < 1.29 is 4.74 Å². The van der Waals surface area contributed by atoms with Gasteiger partial charge in [0.25, 0.3) is 0 Å². The number of nitrogens with zero attached hydrogens (tertiary/aromatic N) is 4. The van der Waals surface area contributed by atoms with Crippen molar-refractivity contribution in [2.75, 3.05) is 0 Å². The molecule has 0 N–H and O–H groups in total. The van der Waals surface area contributed by atoms with E-state index < -0.39 is 0 Å². The van der Waals surface area contributed by atoms with E-state index in [9.17, 15) is 0 Å². The number of para-hydroxylation sites is 1. The third kappa shape index (κ3) is 6.14. The predicted octanol–water partition coefficient (Wildman–Crippen LogP) is 11.8. The zero-order valence-electron chi connectivity index (χ0n) is 29.8. The molecule has 0 bridgehead atoms. The number of pyridine rings is 1. The molecule has 0 aliphatic carbocycles. The molecule has 0 aliphatic rings. The summed E-state index contributed by atoms with van der Waals surface area (Å²) < 4.78 is 11.2. The molecule has 5 nitrogen and oxygen atoms in total. The van der Waals surface area contributed by atoms with Crippen molar-refractivity contribution in [3.63, 3.8) is 0 Å². The van der Waals surface area contributed by atoms with Crippen LogP contribution in [-0.2, 0) is 18.3 Å². The van der Waals surface area contributed by atoms with Gasteiger partial charge in [0.2, 0.25) is 0 Å². The molecule has 248 valence electrons. The lowest BCUT2D eigenvalue weighted by molar-refractivity contribution is 0.481. The van der Waals surface area contributed by atoms with E-state index in [1.165, 1.54) is 38.7 Å². The van der Waals surface area contributed by atoms with E-state index in [1.807, 2.05) is 6.20 Å². The number of hydrogen-bond acceptors (Lipinski definition) is 3. The van der Waals surface area contributed by atoms with Crippen LogP contribution in [0.5, 0.6) is 11.5 Å². The highest BCUT2D eigenvalue weighted by atomic mass is 16.5. The van der Waals surface area contributed by atoms with Gasteiger partial charge < -0.3 is 4.74 Å². The van der Waals surface area contributed by atoms with Gasteiger partial charge in [0.05, 0.1) is 28.1 Å². The summed E-state index contributed by atoms with van der Waals surface area (Å²) in [5, 5.41) is 7.59. The summed E-state index contributed by atoms with van der Waals surface area (Å²) >= 11 is 0. The molecule has 0 spiro atoms. The fourth-order valence-corrected chi connectivity index (χ4v) is 6.89. The normalized spacial score (nSPS) is 12.0. The molecule has 7 rings (SSSR count). The number of ether oxygens (including phenoxy) is 1. The molecule has 0 amide bonds. The maximum atomic E-state index is 6.78. The van der Waals surface area contributed by atoms with Crippen molar-refractivity contribution in [3.8, 4) is 34.1 Å². The summed E-state index contributed by atoms with van der Waals surface area (Å²) in [6, 6.07) is 36.6. The number of aryl methyl sites for hydroxylation is 1. The Labute approximate surface area is 290 Å². The Morgan fingerprint density at radius 2 is 1.51 bits per heavy atom. The molecule has 0 fully saturated rings. The van der Waals surface area contributed by atoms with E-state index in [-0.39, 0.29) is 5.41 Å². The predicted molar refractivity (Wildman–Crippen MR) is 204 cm³/mol. The Kier molecular flexibility index (Phi) is 8.62. The van der Waals surface area contributed by atoms with E-state index in [0.717, 1.165) is 59.0 Å². The molecule has 0 saturated heterocycles. The minimum atomic E-state index is 0.00911. The lowest BCUT2D eigenvalue weighted by atomic mass is 9.88. The molecule has 5 heteroatoms. The average molecular weight is 647 g/mol. The Morgan fingerprint density at radius 1 is 0.755 bits per heavy atom. The van der Waals surface area contributed by atoms with Gasteiger partial charge >= 0.3 is 0 Å². The first-order chi connectivity index (χ1) is 23.7. The van der Waals surface area contributed by atoms with Gasteiger partial charge in [0.15, 0.2) is 0 Å². The van der Waals surface area contributed by atoms with E-state index in [4.69, 9.17) is 14.8 Å². The molecule has 3 aromatic heterocycles. The number of rotatable bonds is 9. The highest BCUT2D eigenvalue weighted by molar-refractivity contribution is 6.09. The van der Waals surface area contributed by atoms with Crippen LogP contribution in [0.1, 0.15) is 83.3 Å². The summed E-state index contributed by atoms with van der Waals surface area (Å²) in [5.41, 5.74) is 10.5. The Hall–Kier alpha value is -5.16. The van der Waals surface area contributed by atoms with Crippen LogP contribution < -0.4 is 4.74 Å². The smallest absolute Gasteiger partial charge is 0.137 e. The molecular weight excluding hydrogens is 601 g/mol. The van der Waals surface area contributed by atoms with Gasteiger partial charge in [-0.15, -0.1) is 0 Å². The molecule has 4 aromatic carbocycles. The van der Waals surface area contributed by atoms with Crippen LogP contribution in [0.3, 0.4) is 0 Å². The van der Waals surface area contributed by atoms with Crippen LogP contribution in [0.15, 0.2) is 109 Å². The van der Waals surface area contributed by atoms with Gasteiger partial charge in [0, 0.05) is 34.7 Å². The first-order valence-corrected chi connectivity index (χ1v) is 17.7. The van der Waals surface area contributed by atoms with Crippen LogP contribution in [0.2, 0.25) is 0 Å². The largest absolute Gasteiger partial charge is 0.457 e. The van der Waals surface area contributed by atoms with Crippen molar-refractivity contribution in [2.24, 2.45) is 0 Å². The number of fused-ring (bicyclic) bond motifs is 3. The van der Waals surface area contributed by atoms with Crippen LogP contribution >= 0.6 is 0 Å².